The minimum Gasteiger partial charge on any atom is -0.481 e. The van der Waals surface area contributed by atoms with Gasteiger partial charge < -0.3 is 14.9 Å². The van der Waals surface area contributed by atoms with E-state index in [1.165, 1.54) is 0 Å². The zero-order chi connectivity index (χ0) is 14.7. The van der Waals surface area contributed by atoms with Gasteiger partial charge in [-0.1, -0.05) is 18.5 Å². The molecule has 2 rings (SSSR count). The van der Waals surface area contributed by atoms with Gasteiger partial charge in [0.1, 0.15) is 17.3 Å². The van der Waals surface area contributed by atoms with E-state index >= 15 is 0 Å². The predicted molar refractivity (Wildman–Crippen MR) is 81.3 cm³/mol. The summed E-state index contributed by atoms with van der Waals surface area (Å²) in [5.41, 5.74) is 7.07. The molecule has 0 radical (unpaired) electrons. The number of ether oxygens (including phenoxy) is 1. The fourth-order valence-electron chi connectivity index (χ4n) is 2.07. The third-order valence-corrected chi connectivity index (χ3v) is 3.55. The molecule has 2 atom stereocenters. The third-order valence-electron chi connectivity index (χ3n) is 3.18. The summed E-state index contributed by atoms with van der Waals surface area (Å²) < 4.78 is 11.6. The van der Waals surface area contributed by atoms with Gasteiger partial charge in [-0.25, -0.2) is 0 Å². The minimum absolute atomic E-state index is 0.179. The Morgan fingerprint density at radius 3 is 2.60 bits per heavy atom. The molecule has 0 bridgehead atoms. The molecule has 0 saturated heterocycles. The standard InChI is InChI=1S/C16H20ClNO2/c1-4-12-9-13(6-7-14(12)17)20-16(11(3)18)15-8-5-10(2)19-15/h5-9,11,16H,4,18H2,1-3H3. The number of furan rings is 1. The minimum atomic E-state index is -0.311. The van der Waals surface area contributed by atoms with E-state index in [0.29, 0.717) is 0 Å². The smallest absolute Gasteiger partial charge is 0.171 e. The Morgan fingerprint density at radius 2 is 2.05 bits per heavy atom. The quantitative estimate of drug-likeness (QED) is 0.895. The zero-order valence-electron chi connectivity index (χ0n) is 12.0. The summed E-state index contributed by atoms with van der Waals surface area (Å²) in [6.45, 7) is 5.86. The molecule has 0 spiro atoms. The summed E-state index contributed by atoms with van der Waals surface area (Å²) in [6, 6.07) is 9.29. The zero-order valence-corrected chi connectivity index (χ0v) is 12.8. The molecule has 0 aliphatic rings. The van der Waals surface area contributed by atoms with Crippen LogP contribution in [-0.2, 0) is 6.42 Å². The largest absolute Gasteiger partial charge is 0.481 e. The van der Waals surface area contributed by atoms with E-state index in [4.69, 9.17) is 26.5 Å². The Hall–Kier alpha value is -1.45. The number of aryl methyl sites for hydroxylation is 2. The Morgan fingerprint density at radius 1 is 1.30 bits per heavy atom. The van der Waals surface area contributed by atoms with Crippen molar-refractivity contribution in [2.45, 2.75) is 39.3 Å². The van der Waals surface area contributed by atoms with E-state index in [-0.39, 0.29) is 12.1 Å². The van der Waals surface area contributed by atoms with Gasteiger partial charge in [0.05, 0.1) is 0 Å². The molecule has 0 amide bonds. The van der Waals surface area contributed by atoms with Crippen LogP contribution in [0.4, 0.5) is 0 Å². The first kappa shape index (κ1) is 14.9. The molecule has 4 heteroatoms. The molecule has 108 valence electrons. The summed E-state index contributed by atoms with van der Waals surface area (Å²) >= 11 is 6.12. The Bertz CT molecular complexity index is 578. The highest BCUT2D eigenvalue weighted by molar-refractivity contribution is 6.31. The molecule has 2 unspecified atom stereocenters. The van der Waals surface area contributed by atoms with Gasteiger partial charge in [0.15, 0.2) is 6.10 Å². The average molecular weight is 294 g/mol. The second kappa shape index (κ2) is 6.33. The number of hydrogen-bond donors (Lipinski definition) is 1. The molecular weight excluding hydrogens is 274 g/mol. The van der Waals surface area contributed by atoms with Crippen molar-refractivity contribution in [3.8, 4) is 5.75 Å². The SMILES string of the molecule is CCc1cc(OC(c2ccc(C)o2)C(C)N)ccc1Cl. The Kier molecular flexibility index (Phi) is 4.73. The Balaban J connectivity index is 2.24. The lowest BCUT2D eigenvalue weighted by Gasteiger charge is -2.21. The van der Waals surface area contributed by atoms with E-state index in [9.17, 15) is 0 Å². The number of rotatable bonds is 5. The van der Waals surface area contributed by atoms with Crippen molar-refractivity contribution in [1.29, 1.82) is 0 Å². The summed E-state index contributed by atoms with van der Waals surface area (Å²) in [7, 11) is 0. The van der Waals surface area contributed by atoms with E-state index < -0.39 is 0 Å². The molecule has 1 aromatic carbocycles. The van der Waals surface area contributed by atoms with Gasteiger partial charge in [0.2, 0.25) is 0 Å². The number of halogens is 1. The van der Waals surface area contributed by atoms with Crippen LogP contribution in [0.25, 0.3) is 0 Å². The number of benzene rings is 1. The lowest BCUT2D eigenvalue weighted by Crippen LogP contribution is -2.28. The lowest BCUT2D eigenvalue weighted by atomic mass is 10.1. The normalized spacial score (nSPS) is 14.1. The first-order valence-electron chi connectivity index (χ1n) is 6.78. The topological polar surface area (TPSA) is 48.4 Å². The van der Waals surface area contributed by atoms with Crippen molar-refractivity contribution in [1.82, 2.24) is 0 Å². The van der Waals surface area contributed by atoms with Crippen molar-refractivity contribution >= 4 is 11.6 Å². The summed E-state index contributed by atoms with van der Waals surface area (Å²) in [6.07, 6.45) is 0.549. The van der Waals surface area contributed by atoms with Crippen molar-refractivity contribution in [3.05, 3.63) is 52.4 Å². The van der Waals surface area contributed by atoms with Crippen molar-refractivity contribution < 1.29 is 9.15 Å². The monoisotopic (exact) mass is 293 g/mol. The van der Waals surface area contributed by atoms with Crippen LogP contribution in [0.2, 0.25) is 5.02 Å². The second-order valence-corrected chi connectivity index (χ2v) is 5.36. The van der Waals surface area contributed by atoms with Gasteiger partial charge in [-0.2, -0.15) is 0 Å². The summed E-state index contributed by atoms with van der Waals surface area (Å²) in [4.78, 5) is 0. The van der Waals surface area contributed by atoms with Crippen LogP contribution in [0.15, 0.2) is 34.7 Å². The van der Waals surface area contributed by atoms with E-state index in [2.05, 4.69) is 6.92 Å². The van der Waals surface area contributed by atoms with Gasteiger partial charge in [-0.3, -0.25) is 0 Å². The second-order valence-electron chi connectivity index (χ2n) is 4.95. The molecule has 0 aliphatic heterocycles. The molecule has 1 aromatic heterocycles. The molecule has 2 aromatic rings. The van der Waals surface area contributed by atoms with Crippen LogP contribution in [-0.4, -0.2) is 6.04 Å². The van der Waals surface area contributed by atoms with Crippen LogP contribution in [0, 0.1) is 6.92 Å². The van der Waals surface area contributed by atoms with Gasteiger partial charge in [-0.15, -0.1) is 0 Å². The molecule has 1 heterocycles. The van der Waals surface area contributed by atoms with Crippen molar-refractivity contribution in [2.24, 2.45) is 5.73 Å². The van der Waals surface area contributed by atoms with Crippen molar-refractivity contribution in [3.63, 3.8) is 0 Å². The summed E-state index contributed by atoms with van der Waals surface area (Å²) in [5.74, 6) is 2.34. The van der Waals surface area contributed by atoms with Gasteiger partial charge in [-0.05, 0) is 56.2 Å². The molecule has 0 aliphatic carbocycles. The molecule has 20 heavy (non-hydrogen) atoms. The van der Waals surface area contributed by atoms with Crippen LogP contribution < -0.4 is 10.5 Å². The highest BCUT2D eigenvalue weighted by Crippen LogP contribution is 2.28. The van der Waals surface area contributed by atoms with E-state index in [0.717, 1.165) is 34.3 Å². The fourth-order valence-corrected chi connectivity index (χ4v) is 2.32. The fraction of sp³-hybridized carbons (Fsp3) is 0.375. The van der Waals surface area contributed by atoms with Gasteiger partial charge in [0, 0.05) is 11.1 Å². The maximum Gasteiger partial charge on any atom is 0.171 e. The van der Waals surface area contributed by atoms with Gasteiger partial charge >= 0.3 is 0 Å². The lowest BCUT2D eigenvalue weighted by molar-refractivity contribution is 0.151. The maximum absolute atomic E-state index is 6.12. The van der Waals surface area contributed by atoms with Gasteiger partial charge in [0.25, 0.3) is 0 Å². The number of nitrogens with two attached hydrogens (primary N) is 1. The van der Waals surface area contributed by atoms with Crippen LogP contribution in [0.1, 0.15) is 37.0 Å². The maximum atomic E-state index is 6.12. The molecule has 3 nitrogen and oxygen atoms in total. The van der Waals surface area contributed by atoms with E-state index in [1.54, 1.807) is 0 Å². The van der Waals surface area contributed by atoms with Crippen LogP contribution in [0.3, 0.4) is 0 Å². The Labute approximate surface area is 124 Å². The molecular formula is C16H20ClNO2. The van der Waals surface area contributed by atoms with Crippen LogP contribution in [0.5, 0.6) is 5.75 Å². The first-order valence-corrected chi connectivity index (χ1v) is 7.16. The molecule has 0 fully saturated rings. The average Bonchev–Trinajstić information content (AvgIpc) is 2.83. The van der Waals surface area contributed by atoms with E-state index in [1.807, 2.05) is 44.2 Å². The van der Waals surface area contributed by atoms with Crippen LogP contribution >= 0.6 is 11.6 Å². The summed E-state index contributed by atoms with van der Waals surface area (Å²) in [5, 5.41) is 0.756. The molecule has 0 saturated carbocycles. The van der Waals surface area contributed by atoms with Crippen molar-refractivity contribution in [2.75, 3.05) is 0 Å². The third kappa shape index (κ3) is 3.35. The number of hydrogen-bond acceptors (Lipinski definition) is 3. The highest BCUT2D eigenvalue weighted by Gasteiger charge is 2.22. The highest BCUT2D eigenvalue weighted by atomic mass is 35.5. The predicted octanol–water partition coefficient (Wildman–Crippen LogP) is 4.27. The molecule has 2 N–H and O–H groups in total. The first-order chi connectivity index (χ1) is 9.51.